The van der Waals surface area contributed by atoms with Crippen molar-refractivity contribution in [1.82, 2.24) is 15.1 Å². The fourth-order valence-corrected chi connectivity index (χ4v) is 3.85. The first-order valence-corrected chi connectivity index (χ1v) is 10.4. The summed E-state index contributed by atoms with van der Waals surface area (Å²) in [5, 5.41) is 5.07. The van der Waals surface area contributed by atoms with Crippen molar-refractivity contribution in [3.63, 3.8) is 0 Å². The molecule has 3 amide bonds. The molecule has 0 bridgehead atoms. The zero-order valence-electron chi connectivity index (χ0n) is 18.3. The van der Waals surface area contributed by atoms with E-state index in [2.05, 4.69) is 10.6 Å². The highest BCUT2D eigenvalue weighted by atomic mass is 19.4. The van der Waals surface area contributed by atoms with Crippen LogP contribution < -0.4 is 10.6 Å². The molecule has 2 aromatic rings. The van der Waals surface area contributed by atoms with E-state index in [9.17, 15) is 27.6 Å². The van der Waals surface area contributed by atoms with Crippen LogP contribution in [0, 0.1) is 0 Å². The summed E-state index contributed by atoms with van der Waals surface area (Å²) in [6.45, 7) is 2.56. The molecule has 0 radical (unpaired) electrons. The quantitative estimate of drug-likeness (QED) is 0.716. The van der Waals surface area contributed by atoms with Crippen LogP contribution in [0.2, 0.25) is 0 Å². The van der Waals surface area contributed by atoms with E-state index in [4.69, 9.17) is 0 Å². The minimum absolute atomic E-state index is 0.0480. The largest absolute Gasteiger partial charge is 0.416 e. The second-order valence-electron chi connectivity index (χ2n) is 7.79. The Balaban J connectivity index is 1.72. The van der Waals surface area contributed by atoms with Crippen LogP contribution in [-0.2, 0) is 15.8 Å². The molecule has 1 heterocycles. The molecule has 1 atom stereocenters. The lowest BCUT2D eigenvalue weighted by atomic mass is 9.99. The van der Waals surface area contributed by atoms with Crippen LogP contribution in [0.5, 0.6) is 0 Å². The summed E-state index contributed by atoms with van der Waals surface area (Å²) < 4.78 is 38.7. The third-order valence-electron chi connectivity index (χ3n) is 5.47. The molecule has 0 saturated carbocycles. The number of amides is 3. The monoisotopic (exact) mass is 462 g/mol. The topological polar surface area (TPSA) is 81.8 Å². The number of anilines is 1. The lowest BCUT2D eigenvalue weighted by Gasteiger charge is -2.41. The standard InChI is InChI=1S/C23H25F3N4O3/c1-15(31)30-10-9-29(13-20(30)16-5-3-6-17(11-16)22(33)27-2)14-21(32)28-19-8-4-7-18(12-19)23(24,25)26/h3-8,11-12,20H,9-10,13-14H2,1-2H3,(H,27,33)(H,28,32)/t20-/m0/s1. The van der Waals surface area contributed by atoms with Gasteiger partial charge in [-0.25, -0.2) is 0 Å². The summed E-state index contributed by atoms with van der Waals surface area (Å²) in [6, 6.07) is 11.0. The maximum absolute atomic E-state index is 12.9. The van der Waals surface area contributed by atoms with E-state index in [0.717, 1.165) is 17.7 Å². The molecule has 0 aromatic heterocycles. The molecular formula is C23H25F3N4O3. The first-order chi connectivity index (χ1) is 15.6. The predicted octanol–water partition coefficient (Wildman–Crippen LogP) is 2.91. The Kier molecular flexibility index (Phi) is 7.37. The van der Waals surface area contributed by atoms with E-state index in [1.807, 2.05) is 11.0 Å². The van der Waals surface area contributed by atoms with E-state index in [1.165, 1.54) is 26.1 Å². The highest BCUT2D eigenvalue weighted by Gasteiger charge is 2.32. The van der Waals surface area contributed by atoms with E-state index < -0.39 is 17.6 Å². The van der Waals surface area contributed by atoms with E-state index >= 15 is 0 Å². The van der Waals surface area contributed by atoms with Gasteiger partial charge in [-0.1, -0.05) is 18.2 Å². The highest BCUT2D eigenvalue weighted by Crippen LogP contribution is 2.31. The molecule has 2 N–H and O–H groups in total. The molecule has 0 spiro atoms. The Hall–Kier alpha value is -3.40. The normalized spacial score (nSPS) is 16.9. The Labute approximate surface area is 189 Å². The van der Waals surface area contributed by atoms with Crippen LogP contribution in [0.25, 0.3) is 0 Å². The predicted molar refractivity (Wildman–Crippen MR) is 116 cm³/mol. The van der Waals surface area contributed by atoms with Gasteiger partial charge in [0.15, 0.2) is 0 Å². The molecule has 3 rings (SSSR count). The molecule has 0 aliphatic carbocycles. The van der Waals surface area contributed by atoms with Crippen molar-refractivity contribution in [2.75, 3.05) is 38.5 Å². The van der Waals surface area contributed by atoms with Crippen LogP contribution in [0.4, 0.5) is 18.9 Å². The fraction of sp³-hybridized carbons (Fsp3) is 0.348. The molecule has 1 aliphatic rings. The van der Waals surface area contributed by atoms with Crippen molar-refractivity contribution < 1.29 is 27.6 Å². The van der Waals surface area contributed by atoms with Crippen LogP contribution >= 0.6 is 0 Å². The van der Waals surface area contributed by atoms with Crippen molar-refractivity contribution in [3.05, 3.63) is 65.2 Å². The number of carbonyl (C=O) groups excluding carboxylic acids is 3. The van der Waals surface area contributed by atoms with Gasteiger partial charge in [0, 0.05) is 44.9 Å². The van der Waals surface area contributed by atoms with Crippen molar-refractivity contribution in [2.24, 2.45) is 0 Å². The van der Waals surface area contributed by atoms with Crippen LogP contribution in [-0.4, -0.2) is 60.7 Å². The molecule has 2 aromatic carbocycles. The smallest absolute Gasteiger partial charge is 0.355 e. The maximum atomic E-state index is 12.9. The number of carbonyl (C=O) groups is 3. The summed E-state index contributed by atoms with van der Waals surface area (Å²) in [4.78, 5) is 40.2. The number of nitrogens with one attached hydrogen (secondary N) is 2. The average Bonchev–Trinajstić information content (AvgIpc) is 2.78. The third kappa shape index (κ3) is 6.10. The van der Waals surface area contributed by atoms with Gasteiger partial charge in [-0.2, -0.15) is 13.2 Å². The molecule has 176 valence electrons. The number of piperazine rings is 1. The summed E-state index contributed by atoms with van der Waals surface area (Å²) >= 11 is 0. The lowest BCUT2D eigenvalue weighted by Crippen LogP contribution is -2.51. The van der Waals surface area contributed by atoms with E-state index in [1.54, 1.807) is 23.1 Å². The van der Waals surface area contributed by atoms with Crippen molar-refractivity contribution in [3.8, 4) is 0 Å². The Morgan fingerprint density at radius 1 is 1.06 bits per heavy atom. The minimum atomic E-state index is -4.50. The van der Waals surface area contributed by atoms with Gasteiger partial charge in [0.2, 0.25) is 11.8 Å². The third-order valence-corrected chi connectivity index (χ3v) is 5.47. The first-order valence-electron chi connectivity index (χ1n) is 10.4. The second-order valence-corrected chi connectivity index (χ2v) is 7.79. The van der Waals surface area contributed by atoms with Crippen LogP contribution in [0.3, 0.4) is 0 Å². The number of halogens is 3. The SMILES string of the molecule is CNC(=O)c1cccc([C@@H]2CN(CC(=O)Nc3cccc(C(F)(F)F)c3)CCN2C(C)=O)c1. The van der Waals surface area contributed by atoms with Crippen molar-refractivity contribution in [1.29, 1.82) is 0 Å². The molecule has 0 unspecified atom stereocenters. The Morgan fingerprint density at radius 3 is 2.45 bits per heavy atom. The maximum Gasteiger partial charge on any atom is 0.416 e. The number of benzene rings is 2. The lowest BCUT2D eigenvalue weighted by molar-refractivity contribution is -0.137. The van der Waals surface area contributed by atoms with Gasteiger partial charge in [-0.15, -0.1) is 0 Å². The van der Waals surface area contributed by atoms with Gasteiger partial charge >= 0.3 is 6.18 Å². The molecule has 7 nitrogen and oxygen atoms in total. The molecule has 1 fully saturated rings. The zero-order valence-corrected chi connectivity index (χ0v) is 18.3. The summed E-state index contributed by atoms with van der Waals surface area (Å²) in [5.74, 6) is -0.832. The van der Waals surface area contributed by atoms with Crippen LogP contribution in [0.15, 0.2) is 48.5 Å². The summed E-state index contributed by atoms with van der Waals surface area (Å²) in [7, 11) is 1.53. The van der Waals surface area contributed by atoms with E-state index in [0.29, 0.717) is 25.2 Å². The van der Waals surface area contributed by atoms with E-state index in [-0.39, 0.29) is 30.1 Å². The van der Waals surface area contributed by atoms with Gasteiger partial charge in [0.1, 0.15) is 0 Å². The minimum Gasteiger partial charge on any atom is -0.355 e. The molecule has 33 heavy (non-hydrogen) atoms. The van der Waals surface area contributed by atoms with Crippen LogP contribution in [0.1, 0.15) is 34.5 Å². The Bertz CT molecular complexity index is 1040. The molecule has 1 saturated heterocycles. The molecule has 1 aliphatic heterocycles. The van der Waals surface area contributed by atoms with Gasteiger partial charge in [-0.05, 0) is 35.9 Å². The van der Waals surface area contributed by atoms with Gasteiger partial charge < -0.3 is 15.5 Å². The fourth-order valence-electron chi connectivity index (χ4n) is 3.85. The van der Waals surface area contributed by atoms with Gasteiger partial charge in [-0.3, -0.25) is 19.3 Å². The summed E-state index contributed by atoms with van der Waals surface area (Å²) in [5.41, 5.74) is 0.436. The average molecular weight is 462 g/mol. The zero-order chi connectivity index (χ0) is 24.2. The summed E-state index contributed by atoms with van der Waals surface area (Å²) in [6.07, 6.45) is -4.50. The number of rotatable bonds is 5. The van der Waals surface area contributed by atoms with Gasteiger partial charge in [0.25, 0.3) is 5.91 Å². The number of hydrogen-bond donors (Lipinski definition) is 2. The van der Waals surface area contributed by atoms with Crippen molar-refractivity contribution >= 4 is 23.4 Å². The first kappa shape index (κ1) is 24.2. The number of nitrogens with zero attached hydrogens (tertiary/aromatic N) is 2. The highest BCUT2D eigenvalue weighted by molar-refractivity contribution is 5.94. The number of hydrogen-bond acceptors (Lipinski definition) is 4. The number of alkyl halides is 3. The molecule has 10 heteroatoms. The Morgan fingerprint density at radius 2 is 1.79 bits per heavy atom. The second kappa shape index (κ2) is 10.0. The van der Waals surface area contributed by atoms with Gasteiger partial charge in [0.05, 0.1) is 18.2 Å². The molecular weight excluding hydrogens is 437 g/mol. The van der Waals surface area contributed by atoms with Crippen molar-refractivity contribution in [2.45, 2.75) is 19.1 Å².